The monoisotopic (exact) mass is 252 g/mol. The minimum absolute atomic E-state index is 0.0705. The van der Waals surface area contributed by atoms with Crippen LogP contribution in [0, 0.1) is 23.3 Å². The third-order valence-electron chi connectivity index (χ3n) is 1.80. The van der Waals surface area contributed by atoms with E-state index in [1.54, 1.807) is 0 Å². The number of halogens is 4. The van der Waals surface area contributed by atoms with Gasteiger partial charge >= 0.3 is 0 Å². The van der Waals surface area contributed by atoms with Crippen LogP contribution in [0.15, 0.2) is 11.2 Å². The van der Waals surface area contributed by atoms with Crippen LogP contribution in [0.1, 0.15) is 6.42 Å². The molecule has 0 aliphatic rings. The summed E-state index contributed by atoms with van der Waals surface area (Å²) >= 11 is 0. The number of nitrogens with two attached hydrogens (primary N) is 1. The molecule has 0 spiro atoms. The number of benzene rings is 1. The van der Waals surface area contributed by atoms with Crippen molar-refractivity contribution in [2.75, 3.05) is 6.61 Å². The van der Waals surface area contributed by atoms with Gasteiger partial charge in [0, 0.05) is 12.5 Å². The third kappa shape index (κ3) is 2.99. The molecule has 0 heterocycles. The van der Waals surface area contributed by atoms with E-state index < -0.39 is 35.6 Å². The predicted octanol–water partition coefficient (Wildman–Crippen LogP) is 1.76. The van der Waals surface area contributed by atoms with E-state index in [9.17, 15) is 17.6 Å². The van der Waals surface area contributed by atoms with Gasteiger partial charge in [-0.05, 0) is 0 Å². The molecule has 3 N–H and O–H groups in total. The number of oxime groups is 1. The highest BCUT2D eigenvalue weighted by Crippen LogP contribution is 2.26. The van der Waals surface area contributed by atoms with Crippen molar-refractivity contribution in [2.24, 2.45) is 10.9 Å². The fraction of sp³-hybridized carbons (Fsp3) is 0.222. The molecular formula is C9H8F4N2O2. The Balaban J connectivity index is 2.84. The fourth-order valence-electron chi connectivity index (χ4n) is 0.986. The normalized spacial score (nSPS) is 11.6. The third-order valence-corrected chi connectivity index (χ3v) is 1.80. The standard InChI is InChI=1S/C9H8F4N2O2/c10-4-3-5(11)8(13)9(7(4)12)17-2-1-6(14)15-16/h3,16H,1-2H2,(H2,14,15). The van der Waals surface area contributed by atoms with Crippen molar-refractivity contribution in [3.63, 3.8) is 0 Å². The molecule has 0 unspecified atom stereocenters. The SMILES string of the molecule is N/C(CCOc1c(F)c(F)cc(F)c1F)=N/O. The zero-order valence-electron chi connectivity index (χ0n) is 8.38. The molecule has 0 aliphatic carbocycles. The van der Waals surface area contributed by atoms with Crippen LogP contribution in [0.25, 0.3) is 0 Å². The number of amidine groups is 1. The van der Waals surface area contributed by atoms with Gasteiger partial charge in [-0.25, -0.2) is 8.78 Å². The quantitative estimate of drug-likeness (QED) is 0.214. The van der Waals surface area contributed by atoms with E-state index in [4.69, 9.17) is 10.9 Å². The zero-order valence-corrected chi connectivity index (χ0v) is 8.38. The zero-order chi connectivity index (χ0) is 13.0. The number of ether oxygens (including phenoxy) is 1. The molecule has 1 rings (SSSR count). The molecule has 0 aromatic heterocycles. The Labute approximate surface area is 93.3 Å². The minimum atomic E-state index is -1.64. The summed E-state index contributed by atoms with van der Waals surface area (Å²) in [6.45, 7) is -0.396. The van der Waals surface area contributed by atoms with Gasteiger partial charge in [-0.2, -0.15) is 8.78 Å². The van der Waals surface area contributed by atoms with E-state index in [2.05, 4.69) is 9.89 Å². The lowest BCUT2D eigenvalue weighted by atomic mass is 10.3. The summed E-state index contributed by atoms with van der Waals surface area (Å²) in [6.07, 6.45) is -0.159. The van der Waals surface area contributed by atoms with Crippen LogP contribution < -0.4 is 10.5 Å². The van der Waals surface area contributed by atoms with E-state index in [-0.39, 0.29) is 18.3 Å². The fourth-order valence-corrected chi connectivity index (χ4v) is 0.986. The molecule has 94 valence electrons. The molecule has 17 heavy (non-hydrogen) atoms. The maximum atomic E-state index is 13.0. The molecule has 1 aromatic rings. The smallest absolute Gasteiger partial charge is 0.203 e. The van der Waals surface area contributed by atoms with E-state index >= 15 is 0 Å². The Morgan fingerprint density at radius 3 is 2.24 bits per heavy atom. The number of rotatable bonds is 4. The van der Waals surface area contributed by atoms with Gasteiger partial charge < -0.3 is 15.7 Å². The topological polar surface area (TPSA) is 67.8 Å². The second kappa shape index (κ2) is 5.37. The van der Waals surface area contributed by atoms with Gasteiger partial charge in [0.05, 0.1) is 6.61 Å². The summed E-state index contributed by atoms with van der Waals surface area (Å²) in [6, 6.07) is 0.0705. The summed E-state index contributed by atoms with van der Waals surface area (Å²) in [4.78, 5) is 0. The highest BCUT2D eigenvalue weighted by molar-refractivity contribution is 5.79. The molecule has 0 bridgehead atoms. The maximum Gasteiger partial charge on any atom is 0.203 e. The van der Waals surface area contributed by atoms with Crippen LogP contribution >= 0.6 is 0 Å². The Bertz CT molecular complexity index is 425. The number of hydrogen-bond acceptors (Lipinski definition) is 3. The van der Waals surface area contributed by atoms with Crippen LogP contribution in [-0.4, -0.2) is 17.6 Å². The Morgan fingerprint density at radius 1 is 1.24 bits per heavy atom. The maximum absolute atomic E-state index is 13.0. The van der Waals surface area contributed by atoms with Crippen molar-refractivity contribution in [3.05, 3.63) is 29.3 Å². The van der Waals surface area contributed by atoms with Crippen molar-refractivity contribution < 1.29 is 27.5 Å². The van der Waals surface area contributed by atoms with Crippen molar-refractivity contribution in [1.82, 2.24) is 0 Å². The molecule has 0 radical (unpaired) electrons. The molecule has 1 aromatic carbocycles. The first-order chi connectivity index (χ1) is 7.97. The summed E-state index contributed by atoms with van der Waals surface area (Å²) in [5.74, 6) is -7.83. The Kier molecular flexibility index (Phi) is 4.13. The van der Waals surface area contributed by atoms with E-state index in [0.29, 0.717) is 0 Å². The molecule has 0 saturated carbocycles. The van der Waals surface area contributed by atoms with Crippen LogP contribution in [0.2, 0.25) is 0 Å². The van der Waals surface area contributed by atoms with Gasteiger partial charge in [-0.15, -0.1) is 0 Å². The van der Waals surface area contributed by atoms with Crippen molar-refractivity contribution in [1.29, 1.82) is 0 Å². The van der Waals surface area contributed by atoms with Crippen LogP contribution in [0.4, 0.5) is 17.6 Å². The van der Waals surface area contributed by atoms with Gasteiger partial charge in [-0.1, -0.05) is 5.16 Å². The summed E-state index contributed by atoms with van der Waals surface area (Å²) in [5.41, 5.74) is 5.06. The molecule has 0 fully saturated rings. The highest BCUT2D eigenvalue weighted by atomic mass is 19.2. The van der Waals surface area contributed by atoms with Crippen LogP contribution in [0.3, 0.4) is 0 Å². The highest BCUT2D eigenvalue weighted by Gasteiger charge is 2.20. The van der Waals surface area contributed by atoms with Crippen LogP contribution in [-0.2, 0) is 0 Å². The molecule has 8 heteroatoms. The number of nitrogens with zero attached hydrogens (tertiary/aromatic N) is 1. The van der Waals surface area contributed by atoms with Crippen molar-refractivity contribution in [3.8, 4) is 5.75 Å². The van der Waals surface area contributed by atoms with Gasteiger partial charge in [0.15, 0.2) is 17.4 Å². The largest absolute Gasteiger partial charge is 0.487 e. The minimum Gasteiger partial charge on any atom is -0.487 e. The summed E-state index contributed by atoms with van der Waals surface area (Å²) in [5, 5.41) is 10.7. The average Bonchev–Trinajstić information content (AvgIpc) is 2.30. The van der Waals surface area contributed by atoms with Gasteiger partial charge in [0.2, 0.25) is 11.6 Å². The lowest BCUT2D eigenvalue weighted by Gasteiger charge is -2.08. The second-order valence-electron chi connectivity index (χ2n) is 2.99. The lowest BCUT2D eigenvalue weighted by molar-refractivity contribution is 0.275. The van der Waals surface area contributed by atoms with Crippen LogP contribution in [0.5, 0.6) is 5.75 Å². The first-order valence-corrected chi connectivity index (χ1v) is 4.39. The van der Waals surface area contributed by atoms with Gasteiger partial charge in [0.25, 0.3) is 0 Å². The lowest BCUT2D eigenvalue weighted by Crippen LogP contribution is -2.16. The molecular weight excluding hydrogens is 244 g/mol. The molecule has 4 nitrogen and oxygen atoms in total. The van der Waals surface area contributed by atoms with E-state index in [1.165, 1.54) is 0 Å². The van der Waals surface area contributed by atoms with Gasteiger partial charge in [0.1, 0.15) is 5.84 Å². The summed E-state index contributed by atoms with van der Waals surface area (Å²) < 4.78 is 56.0. The second-order valence-corrected chi connectivity index (χ2v) is 2.99. The van der Waals surface area contributed by atoms with E-state index in [0.717, 1.165) is 0 Å². The van der Waals surface area contributed by atoms with Crippen molar-refractivity contribution >= 4 is 5.84 Å². The predicted molar refractivity (Wildman–Crippen MR) is 49.8 cm³/mol. The van der Waals surface area contributed by atoms with Gasteiger partial charge in [-0.3, -0.25) is 0 Å². The first-order valence-electron chi connectivity index (χ1n) is 4.39. The van der Waals surface area contributed by atoms with E-state index in [1.807, 2.05) is 0 Å². The number of hydrogen-bond donors (Lipinski definition) is 2. The average molecular weight is 252 g/mol. The molecule has 0 amide bonds. The molecule has 0 aliphatic heterocycles. The Hall–Kier alpha value is -1.99. The van der Waals surface area contributed by atoms with Crippen molar-refractivity contribution in [2.45, 2.75) is 6.42 Å². The molecule has 0 atom stereocenters. The Morgan fingerprint density at radius 2 is 1.76 bits per heavy atom. The first kappa shape index (κ1) is 13.1. The summed E-state index contributed by atoms with van der Waals surface area (Å²) in [7, 11) is 0. The molecule has 0 saturated heterocycles.